The summed E-state index contributed by atoms with van der Waals surface area (Å²) in [5.41, 5.74) is 0.0682. The van der Waals surface area contributed by atoms with Gasteiger partial charge in [-0.1, -0.05) is 6.07 Å². The molecule has 0 bridgehead atoms. The zero-order chi connectivity index (χ0) is 10.1. The predicted molar refractivity (Wildman–Crippen MR) is 48.6 cm³/mol. The lowest BCUT2D eigenvalue weighted by atomic mass is 10.3. The molecular weight excluding hydrogens is 187 g/mol. The van der Waals surface area contributed by atoms with Crippen molar-refractivity contribution in [1.82, 2.24) is 9.55 Å². The van der Waals surface area contributed by atoms with Gasteiger partial charge in [-0.25, -0.2) is 9.18 Å². The van der Waals surface area contributed by atoms with E-state index in [2.05, 4.69) is 4.98 Å². The van der Waals surface area contributed by atoms with Crippen molar-refractivity contribution < 1.29 is 9.18 Å². The third-order valence-electron chi connectivity index (χ3n) is 2.02. The van der Waals surface area contributed by atoms with Gasteiger partial charge in [0.15, 0.2) is 0 Å². The average Bonchev–Trinajstić information content (AvgIpc) is 2.47. The summed E-state index contributed by atoms with van der Waals surface area (Å²) >= 11 is 0. The molecule has 2 aromatic rings. The molecule has 4 nitrogen and oxygen atoms in total. The van der Waals surface area contributed by atoms with Gasteiger partial charge in [-0.3, -0.25) is 4.57 Å². The van der Waals surface area contributed by atoms with Crippen molar-refractivity contribution >= 4 is 17.3 Å². The Morgan fingerprint density at radius 1 is 1.50 bits per heavy atom. The van der Waals surface area contributed by atoms with Crippen LogP contribution in [0.15, 0.2) is 23.0 Å². The van der Waals surface area contributed by atoms with Crippen molar-refractivity contribution in [2.45, 2.75) is 6.54 Å². The fourth-order valence-electron chi connectivity index (χ4n) is 1.40. The van der Waals surface area contributed by atoms with Crippen LogP contribution in [0.1, 0.15) is 0 Å². The summed E-state index contributed by atoms with van der Waals surface area (Å²) in [5.74, 6) is -0.496. The molecule has 14 heavy (non-hydrogen) atoms. The third-order valence-corrected chi connectivity index (χ3v) is 2.02. The first kappa shape index (κ1) is 8.68. The molecule has 0 atom stereocenters. The number of halogens is 1. The Labute approximate surface area is 78.0 Å². The minimum atomic E-state index is -0.496. The summed E-state index contributed by atoms with van der Waals surface area (Å²) in [6.45, 7) is -0.0672. The van der Waals surface area contributed by atoms with Gasteiger partial charge in [-0.05, 0) is 12.1 Å². The van der Waals surface area contributed by atoms with Crippen LogP contribution in [0, 0.1) is 5.82 Å². The topological polar surface area (TPSA) is 54.9 Å². The number of para-hydroxylation sites is 1. The zero-order valence-corrected chi connectivity index (χ0v) is 7.16. The molecule has 1 aromatic heterocycles. The standard InChI is InChI=1S/C9H7FN2O2/c10-6-2-1-3-7-8(6)11-9(14)12(7)4-5-13/h1-3,5H,4H2,(H,11,14). The molecule has 0 aliphatic heterocycles. The van der Waals surface area contributed by atoms with Gasteiger partial charge in [-0.15, -0.1) is 0 Å². The first-order valence-corrected chi connectivity index (χ1v) is 4.04. The Morgan fingerprint density at radius 2 is 2.29 bits per heavy atom. The second-order valence-electron chi connectivity index (χ2n) is 2.84. The van der Waals surface area contributed by atoms with Crippen LogP contribution >= 0.6 is 0 Å². The minimum absolute atomic E-state index is 0.0672. The quantitative estimate of drug-likeness (QED) is 0.714. The molecule has 0 saturated heterocycles. The van der Waals surface area contributed by atoms with Crippen LogP contribution in [-0.4, -0.2) is 15.8 Å². The Bertz CT molecular complexity index is 541. The number of hydrogen-bond donors (Lipinski definition) is 1. The van der Waals surface area contributed by atoms with Crippen LogP contribution in [0.2, 0.25) is 0 Å². The number of carbonyl (C=O) groups is 1. The number of aldehydes is 1. The van der Waals surface area contributed by atoms with Crippen LogP contribution in [-0.2, 0) is 11.3 Å². The average molecular weight is 194 g/mol. The normalized spacial score (nSPS) is 10.6. The number of aromatic amines is 1. The number of fused-ring (bicyclic) bond motifs is 1. The van der Waals surface area contributed by atoms with Gasteiger partial charge in [0.2, 0.25) is 0 Å². The van der Waals surface area contributed by atoms with E-state index in [1.165, 1.54) is 16.7 Å². The summed E-state index contributed by atoms with van der Waals surface area (Å²) < 4.78 is 14.3. The van der Waals surface area contributed by atoms with Crippen molar-refractivity contribution in [2.24, 2.45) is 0 Å². The first-order valence-electron chi connectivity index (χ1n) is 4.04. The Kier molecular flexibility index (Phi) is 1.92. The Hall–Kier alpha value is -1.91. The largest absolute Gasteiger partial charge is 0.326 e. The molecule has 5 heteroatoms. The number of nitrogens with one attached hydrogen (secondary N) is 1. The maximum atomic E-state index is 13.1. The molecule has 0 unspecified atom stereocenters. The number of imidazole rings is 1. The number of carbonyl (C=O) groups excluding carboxylic acids is 1. The number of benzene rings is 1. The van der Waals surface area contributed by atoms with Crippen LogP contribution in [0.25, 0.3) is 11.0 Å². The summed E-state index contributed by atoms with van der Waals surface area (Å²) in [5, 5.41) is 0. The second kappa shape index (κ2) is 3.10. The summed E-state index contributed by atoms with van der Waals surface area (Å²) in [4.78, 5) is 23.9. The van der Waals surface area contributed by atoms with E-state index in [9.17, 15) is 14.0 Å². The van der Waals surface area contributed by atoms with Crippen LogP contribution in [0.5, 0.6) is 0 Å². The van der Waals surface area contributed by atoms with Crippen molar-refractivity contribution in [3.05, 3.63) is 34.5 Å². The number of rotatable bonds is 2. The van der Waals surface area contributed by atoms with Crippen molar-refractivity contribution in [2.75, 3.05) is 0 Å². The smallest absolute Gasteiger partial charge is 0.303 e. The molecule has 1 N–H and O–H groups in total. The SMILES string of the molecule is O=CCn1c(=O)[nH]c2c(F)cccc21. The molecule has 72 valence electrons. The maximum Gasteiger partial charge on any atom is 0.326 e. The minimum Gasteiger partial charge on any atom is -0.303 e. The van der Waals surface area contributed by atoms with Crippen LogP contribution < -0.4 is 5.69 Å². The predicted octanol–water partition coefficient (Wildman–Crippen LogP) is 0.668. The molecule has 0 amide bonds. The molecule has 0 spiro atoms. The lowest BCUT2D eigenvalue weighted by Crippen LogP contribution is -2.17. The molecule has 0 aliphatic rings. The summed E-state index contributed by atoms with van der Waals surface area (Å²) in [7, 11) is 0. The second-order valence-corrected chi connectivity index (χ2v) is 2.84. The van der Waals surface area contributed by atoms with Crippen molar-refractivity contribution in [3.8, 4) is 0 Å². The Morgan fingerprint density at radius 3 is 3.00 bits per heavy atom. The van der Waals surface area contributed by atoms with E-state index in [-0.39, 0.29) is 12.1 Å². The fourth-order valence-corrected chi connectivity index (χ4v) is 1.40. The molecule has 2 rings (SSSR count). The van der Waals surface area contributed by atoms with Crippen LogP contribution in [0.4, 0.5) is 4.39 Å². The molecule has 0 saturated carbocycles. The maximum absolute atomic E-state index is 13.1. The number of hydrogen-bond acceptors (Lipinski definition) is 2. The van der Waals surface area contributed by atoms with Crippen molar-refractivity contribution in [1.29, 1.82) is 0 Å². The van der Waals surface area contributed by atoms with Gasteiger partial charge < -0.3 is 9.78 Å². The molecule has 0 radical (unpaired) electrons. The van der Waals surface area contributed by atoms with E-state index in [1.54, 1.807) is 6.07 Å². The molecule has 0 fully saturated rings. The number of nitrogens with zero attached hydrogens (tertiary/aromatic N) is 1. The van der Waals surface area contributed by atoms with Gasteiger partial charge >= 0.3 is 5.69 Å². The van der Waals surface area contributed by atoms with E-state index < -0.39 is 11.5 Å². The molecule has 1 heterocycles. The lowest BCUT2D eigenvalue weighted by Gasteiger charge is -1.95. The highest BCUT2D eigenvalue weighted by atomic mass is 19.1. The van der Waals surface area contributed by atoms with Gasteiger partial charge in [0.05, 0.1) is 12.1 Å². The summed E-state index contributed by atoms with van der Waals surface area (Å²) in [6, 6.07) is 4.33. The summed E-state index contributed by atoms with van der Waals surface area (Å²) in [6.07, 6.45) is 0.597. The fraction of sp³-hybridized carbons (Fsp3) is 0.111. The number of H-pyrrole nitrogens is 1. The zero-order valence-electron chi connectivity index (χ0n) is 7.16. The number of aromatic nitrogens is 2. The Balaban J connectivity index is 2.83. The van der Waals surface area contributed by atoms with E-state index in [0.29, 0.717) is 11.8 Å². The molecule has 1 aromatic carbocycles. The highest BCUT2D eigenvalue weighted by Crippen LogP contribution is 2.12. The van der Waals surface area contributed by atoms with Gasteiger partial charge in [0.25, 0.3) is 0 Å². The van der Waals surface area contributed by atoms with Gasteiger partial charge in [-0.2, -0.15) is 0 Å². The highest BCUT2D eigenvalue weighted by molar-refractivity contribution is 5.76. The van der Waals surface area contributed by atoms with Crippen molar-refractivity contribution in [3.63, 3.8) is 0 Å². The van der Waals surface area contributed by atoms with Gasteiger partial charge in [0.1, 0.15) is 17.6 Å². The van der Waals surface area contributed by atoms with E-state index in [0.717, 1.165) is 0 Å². The molecule has 0 aliphatic carbocycles. The molecular formula is C9H7FN2O2. The first-order chi connectivity index (χ1) is 6.74. The third kappa shape index (κ3) is 1.14. The van der Waals surface area contributed by atoms with E-state index in [1.807, 2.05) is 0 Å². The van der Waals surface area contributed by atoms with Gasteiger partial charge in [0, 0.05) is 0 Å². The van der Waals surface area contributed by atoms with E-state index >= 15 is 0 Å². The van der Waals surface area contributed by atoms with E-state index in [4.69, 9.17) is 0 Å². The highest BCUT2D eigenvalue weighted by Gasteiger charge is 2.08. The monoisotopic (exact) mass is 194 g/mol. The lowest BCUT2D eigenvalue weighted by molar-refractivity contribution is -0.108. The van der Waals surface area contributed by atoms with Crippen LogP contribution in [0.3, 0.4) is 0 Å².